The Morgan fingerprint density at radius 2 is 1.45 bits per heavy atom. The van der Waals surface area contributed by atoms with Crippen LogP contribution in [0.4, 0.5) is 4.79 Å². The molecule has 3 aromatic carbocycles. The first kappa shape index (κ1) is 24.1. The lowest BCUT2D eigenvalue weighted by molar-refractivity contribution is 0.0952. The molecule has 5 heteroatoms. The van der Waals surface area contributed by atoms with E-state index >= 15 is 0 Å². The molecule has 0 saturated carbocycles. The molecule has 2 N–H and O–H groups in total. The van der Waals surface area contributed by atoms with Crippen LogP contribution in [0, 0.1) is 5.92 Å². The van der Waals surface area contributed by atoms with Crippen LogP contribution in [0.5, 0.6) is 0 Å². The van der Waals surface area contributed by atoms with Crippen LogP contribution in [0.3, 0.4) is 0 Å². The largest absolute Gasteiger partial charge is 0.445 e. The molecule has 2 amide bonds. The zero-order chi connectivity index (χ0) is 23.6. The topological polar surface area (TPSA) is 67.4 Å². The molecule has 0 heterocycles. The minimum Gasteiger partial charge on any atom is -0.445 e. The van der Waals surface area contributed by atoms with Gasteiger partial charge in [0.15, 0.2) is 0 Å². The third kappa shape index (κ3) is 6.94. The summed E-state index contributed by atoms with van der Waals surface area (Å²) in [4.78, 5) is 25.3. The predicted molar refractivity (Wildman–Crippen MR) is 132 cm³/mol. The number of alkyl carbamates (subject to hydrolysis) is 1. The van der Waals surface area contributed by atoms with Gasteiger partial charge in [0, 0.05) is 12.1 Å². The lowest BCUT2D eigenvalue weighted by atomic mass is 9.92. The van der Waals surface area contributed by atoms with Crippen molar-refractivity contribution < 1.29 is 14.3 Å². The normalized spacial score (nSPS) is 11.6. The van der Waals surface area contributed by atoms with Gasteiger partial charge in [0.05, 0.1) is 6.04 Å². The van der Waals surface area contributed by atoms with Gasteiger partial charge in [-0.15, -0.1) is 0 Å². The van der Waals surface area contributed by atoms with E-state index in [4.69, 9.17) is 4.74 Å². The van der Waals surface area contributed by atoms with Gasteiger partial charge in [-0.25, -0.2) is 4.79 Å². The molecule has 0 unspecified atom stereocenters. The number of hydrogen-bond donors (Lipinski definition) is 2. The van der Waals surface area contributed by atoms with Gasteiger partial charge >= 0.3 is 6.09 Å². The highest BCUT2D eigenvalue weighted by Gasteiger charge is 2.19. The number of rotatable bonds is 9. The molecule has 0 aliphatic heterocycles. The van der Waals surface area contributed by atoms with Gasteiger partial charge in [-0.05, 0) is 47.6 Å². The van der Waals surface area contributed by atoms with Crippen molar-refractivity contribution in [2.45, 2.75) is 39.8 Å². The predicted octanol–water partition coefficient (Wildman–Crippen LogP) is 6.12. The number of amides is 2. The van der Waals surface area contributed by atoms with E-state index in [1.165, 1.54) is 0 Å². The summed E-state index contributed by atoms with van der Waals surface area (Å²) in [5.74, 6) is 0.429. The highest BCUT2D eigenvalue weighted by Crippen LogP contribution is 2.31. The van der Waals surface area contributed by atoms with Crippen LogP contribution in [0.15, 0.2) is 78.9 Å². The van der Waals surface area contributed by atoms with E-state index in [1.807, 2.05) is 85.8 Å². The maximum absolute atomic E-state index is 12.9. The van der Waals surface area contributed by atoms with E-state index in [2.05, 4.69) is 24.5 Å². The summed E-state index contributed by atoms with van der Waals surface area (Å²) in [5.41, 5.74) is 4.20. The van der Waals surface area contributed by atoms with Crippen molar-refractivity contribution in [3.63, 3.8) is 0 Å². The number of benzene rings is 3. The van der Waals surface area contributed by atoms with E-state index in [1.54, 1.807) is 0 Å². The zero-order valence-electron chi connectivity index (χ0n) is 19.5. The SMILES string of the molecule is CC(C)CCNC(=O)c1ccccc1-c1ccccc1[C@H](C)NC(=O)OCc1ccccc1. The summed E-state index contributed by atoms with van der Waals surface area (Å²) < 4.78 is 5.38. The van der Waals surface area contributed by atoms with E-state index in [0.717, 1.165) is 28.7 Å². The van der Waals surface area contributed by atoms with Gasteiger partial charge < -0.3 is 15.4 Å². The summed E-state index contributed by atoms with van der Waals surface area (Å²) in [7, 11) is 0. The maximum atomic E-state index is 12.9. The Kier molecular flexibility index (Phi) is 8.64. The van der Waals surface area contributed by atoms with Gasteiger partial charge in [-0.3, -0.25) is 4.79 Å². The second-order valence-electron chi connectivity index (χ2n) is 8.50. The first-order valence-electron chi connectivity index (χ1n) is 11.4. The fourth-order valence-electron chi connectivity index (χ4n) is 3.62. The fourth-order valence-corrected chi connectivity index (χ4v) is 3.62. The van der Waals surface area contributed by atoms with Crippen LogP contribution in [0.1, 0.15) is 54.7 Å². The molecule has 0 aromatic heterocycles. The van der Waals surface area contributed by atoms with Crippen molar-refractivity contribution in [1.29, 1.82) is 0 Å². The molecule has 0 spiro atoms. The molecule has 5 nitrogen and oxygen atoms in total. The van der Waals surface area contributed by atoms with Crippen LogP contribution in [0.2, 0.25) is 0 Å². The minimum atomic E-state index is -0.485. The van der Waals surface area contributed by atoms with Gasteiger partial charge in [0.1, 0.15) is 6.61 Å². The molecule has 0 bridgehead atoms. The fraction of sp³-hybridized carbons (Fsp3) is 0.286. The van der Waals surface area contributed by atoms with Crippen molar-refractivity contribution in [2.75, 3.05) is 6.54 Å². The Bertz CT molecular complexity index is 1060. The van der Waals surface area contributed by atoms with Crippen molar-refractivity contribution in [3.8, 4) is 11.1 Å². The van der Waals surface area contributed by atoms with Gasteiger partial charge in [-0.2, -0.15) is 0 Å². The lowest BCUT2D eigenvalue weighted by Crippen LogP contribution is -2.28. The van der Waals surface area contributed by atoms with Gasteiger partial charge in [0.25, 0.3) is 5.91 Å². The second kappa shape index (κ2) is 11.9. The number of ether oxygens (including phenoxy) is 1. The number of carbonyl (C=O) groups excluding carboxylic acids is 2. The second-order valence-corrected chi connectivity index (χ2v) is 8.50. The molecule has 3 rings (SSSR count). The third-order valence-corrected chi connectivity index (χ3v) is 5.44. The van der Waals surface area contributed by atoms with E-state index in [0.29, 0.717) is 18.0 Å². The van der Waals surface area contributed by atoms with Crippen LogP contribution in [-0.2, 0) is 11.3 Å². The molecule has 1 atom stereocenters. The average molecular weight is 445 g/mol. The monoisotopic (exact) mass is 444 g/mol. The Balaban J connectivity index is 1.75. The van der Waals surface area contributed by atoms with Crippen molar-refractivity contribution >= 4 is 12.0 Å². The highest BCUT2D eigenvalue weighted by atomic mass is 16.5. The van der Waals surface area contributed by atoms with Crippen LogP contribution in [-0.4, -0.2) is 18.5 Å². The molecule has 0 radical (unpaired) electrons. The summed E-state index contributed by atoms with van der Waals surface area (Å²) in [5, 5.41) is 5.94. The highest BCUT2D eigenvalue weighted by molar-refractivity contribution is 6.01. The van der Waals surface area contributed by atoms with Crippen LogP contribution in [0.25, 0.3) is 11.1 Å². The van der Waals surface area contributed by atoms with Crippen molar-refractivity contribution in [2.24, 2.45) is 5.92 Å². The number of nitrogens with one attached hydrogen (secondary N) is 2. The summed E-state index contributed by atoms with van der Waals surface area (Å²) in [6.07, 6.45) is 0.442. The standard InChI is InChI=1S/C28H32N2O3/c1-20(2)17-18-29-27(31)26-16-10-9-15-25(26)24-14-8-7-13-23(24)21(3)30-28(32)33-19-22-11-5-4-6-12-22/h4-16,20-21H,17-19H2,1-3H3,(H,29,31)(H,30,32)/t21-/m0/s1. The molecule has 0 aliphatic rings. The molecule has 0 aliphatic carbocycles. The number of carbonyl (C=O) groups is 2. The van der Waals surface area contributed by atoms with E-state index in [-0.39, 0.29) is 18.6 Å². The Morgan fingerprint density at radius 3 is 2.18 bits per heavy atom. The molecule has 0 fully saturated rings. The quantitative estimate of drug-likeness (QED) is 0.418. The molecule has 0 saturated heterocycles. The van der Waals surface area contributed by atoms with Gasteiger partial charge in [0.2, 0.25) is 0 Å². The smallest absolute Gasteiger partial charge is 0.407 e. The third-order valence-electron chi connectivity index (χ3n) is 5.44. The van der Waals surface area contributed by atoms with E-state index in [9.17, 15) is 9.59 Å². The molecule has 172 valence electrons. The first-order valence-corrected chi connectivity index (χ1v) is 11.4. The van der Waals surface area contributed by atoms with Gasteiger partial charge in [-0.1, -0.05) is 86.6 Å². The van der Waals surface area contributed by atoms with Crippen LogP contribution >= 0.6 is 0 Å². The summed E-state index contributed by atoms with van der Waals surface area (Å²) in [6.45, 7) is 7.03. The molecular weight excluding hydrogens is 412 g/mol. The Hall–Kier alpha value is -3.60. The Morgan fingerprint density at radius 1 is 0.818 bits per heavy atom. The zero-order valence-corrected chi connectivity index (χ0v) is 19.5. The van der Waals surface area contributed by atoms with E-state index < -0.39 is 6.09 Å². The first-order chi connectivity index (χ1) is 16.0. The molecular formula is C28H32N2O3. The Labute approximate surface area is 196 Å². The summed E-state index contributed by atoms with van der Waals surface area (Å²) in [6, 6.07) is 24.6. The van der Waals surface area contributed by atoms with Crippen molar-refractivity contribution in [1.82, 2.24) is 10.6 Å². The van der Waals surface area contributed by atoms with Crippen molar-refractivity contribution in [3.05, 3.63) is 95.6 Å². The van der Waals surface area contributed by atoms with Crippen LogP contribution < -0.4 is 10.6 Å². The lowest BCUT2D eigenvalue weighted by Gasteiger charge is -2.20. The summed E-state index contributed by atoms with van der Waals surface area (Å²) >= 11 is 0. The molecule has 33 heavy (non-hydrogen) atoms. The molecule has 3 aromatic rings. The minimum absolute atomic E-state index is 0.0936. The maximum Gasteiger partial charge on any atom is 0.407 e. The average Bonchev–Trinajstić information content (AvgIpc) is 2.83. The number of hydrogen-bond acceptors (Lipinski definition) is 3.